The van der Waals surface area contributed by atoms with Gasteiger partial charge in [-0.2, -0.15) is 0 Å². The SMILES string of the molecule is CNC1CCc2cc(Cl)c(I)cc21. The number of rotatable bonds is 1. The minimum atomic E-state index is 0.529. The third-order valence-electron chi connectivity index (χ3n) is 2.61. The Balaban J connectivity index is 2.47. The van der Waals surface area contributed by atoms with Crippen LogP contribution in [-0.4, -0.2) is 7.05 Å². The number of hydrogen-bond donors (Lipinski definition) is 1. The van der Waals surface area contributed by atoms with Gasteiger partial charge in [-0.15, -0.1) is 0 Å². The molecule has 0 saturated heterocycles. The number of hydrogen-bond acceptors (Lipinski definition) is 1. The van der Waals surface area contributed by atoms with Crippen molar-refractivity contribution in [2.45, 2.75) is 18.9 Å². The Bertz CT molecular complexity index is 338. The molecular weight excluding hydrogens is 296 g/mol. The van der Waals surface area contributed by atoms with Crippen LogP contribution >= 0.6 is 34.2 Å². The fraction of sp³-hybridized carbons (Fsp3) is 0.400. The number of nitrogens with one attached hydrogen (secondary N) is 1. The Morgan fingerprint density at radius 2 is 2.31 bits per heavy atom. The molecule has 1 atom stereocenters. The summed E-state index contributed by atoms with van der Waals surface area (Å²) >= 11 is 8.34. The van der Waals surface area contributed by atoms with Crippen molar-refractivity contribution in [3.8, 4) is 0 Å². The number of aryl methyl sites for hydroxylation is 1. The van der Waals surface area contributed by atoms with Crippen molar-refractivity contribution < 1.29 is 0 Å². The van der Waals surface area contributed by atoms with E-state index < -0.39 is 0 Å². The molecule has 13 heavy (non-hydrogen) atoms. The molecule has 70 valence electrons. The molecule has 0 aliphatic heterocycles. The van der Waals surface area contributed by atoms with Crippen molar-refractivity contribution in [2.24, 2.45) is 0 Å². The topological polar surface area (TPSA) is 12.0 Å². The Morgan fingerprint density at radius 3 is 3.00 bits per heavy atom. The molecule has 1 aromatic rings. The summed E-state index contributed by atoms with van der Waals surface area (Å²) < 4.78 is 1.15. The van der Waals surface area contributed by atoms with Gasteiger partial charge in [-0.25, -0.2) is 0 Å². The summed E-state index contributed by atoms with van der Waals surface area (Å²) in [5.74, 6) is 0. The summed E-state index contributed by atoms with van der Waals surface area (Å²) in [6.45, 7) is 0. The van der Waals surface area contributed by atoms with E-state index in [-0.39, 0.29) is 0 Å². The molecule has 1 aliphatic carbocycles. The van der Waals surface area contributed by atoms with Crippen LogP contribution in [0.5, 0.6) is 0 Å². The minimum Gasteiger partial charge on any atom is -0.313 e. The molecule has 1 aliphatic rings. The van der Waals surface area contributed by atoms with Gasteiger partial charge in [0, 0.05) is 9.61 Å². The van der Waals surface area contributed by atoms with Gasteiger partial charge in [0.05, 0.1) is 5.02 Å². The highest BCUT2D eigenvalue weighted by Gasteiger charge is 2.21. The van der Waals surface area contributed by atoms with Crippen molar-refractivity contribution in [2.75, 3.05) is 7.05 Å². The zero-order chi connectivity index (χ0) is 9.42. The lowest BCUT2D eigenvalue weighted by Crippen LogP contribution is -2.12. The molecule has 0 amide bonds. The summed E-state index contributed by atoms with van der Waals surface area (Å²) in [4.78, 5) is 0. The van der Waals surface area contributed by atoms with E-state index in [1.165, 1.54) is 17.5 Å². The van der Waals surface area contributed by atoms with Crippen molar-refractivity contribution in [1.29, 1.82) is 0 Å². The van der Waals surface area contributed by atoms with Crippen LogP contribution in [0.15, 0.2) is 12.1 Å². The lowest BCUT2D eigenvalue weighted by molar-refractivity contribution is 0.590. The van der Waals surface area contributed by atoms with Gasteiger partial charge in [0.25, 0.3) is 0 Å². The van der Waals surface area contributed by atoms with Crippen LogP contribution in [0.2, 0.25) is 5.02 Å². The Hall–Kier alpha value is 0.200. The summed E-state index contributed by atoms with van der Waals surface area (Å²) in [6, 6.07) is 4.84. The van der Waals surface area contributed by atoms with Gasteiger partial charge in [0.2, 0.25) is 0 Å². The third-order valence-corrected chi connectivity index (χ3v) is 4.13. The first-order valence-electron chi connectivity index (χ1n) is 4.37. The molecule has 1 nitrogen and oxygen atoms in total. The molecule has 0 bridgehead atoms. The Morgan fingerprint density at radius 1 is 1.54 bits per heavy atom. The molecule has 0 fully saturated rings. The number of fused-ring (bicyclic) bond motifs is 1. The monoisotopic (exact) mass is 307 g/mol. The van der Waals surface area contributed by atoms with Gasteiger partial charge in [0.15, 0.2) is 0 Å². The van der Waals surface area contributed by atoms with Crippen molar-refractivity contribution in [1.82, 2.24) is 5.32 Å². The zero-order valence-electron chi connectivity index (χ0n) is 7.40. The minimum absolute atomic E-state index is 0.529. The highest BCUT2D eigenvalue weighted by Crippen LogP contribution is 2.34. The maximum Gasteiger partial charge on any atom is 0.0542 e. The largest absolute Gasteiger partial charge is 0.313 e. The van der Waals surface area contributed by atoms with Crippen molar-refractivity contribution >= 4 is 34.2 Å². The predicted molar refractivity (Wildman–Crippen MR) is 64.3 cm³/mol. The van der Waals surface area contributed by atoms with Crippen molar-refractivity contribution in [3.63, 3.8) is 0 Å². The molecule has 0 aromatic heterocycles. The van der Waals surface area contributed by atoms with Crippen molar-refractivity contribution in [3.05, 3.63) is 31.9 Å². The van der Waals surface area contributed by atoms with Crippen LogP contribution in [0.4, 0.5) is 0 Å². The quantitative estimate of drug-likeness (QED) is 0.786. The lowest BCUT2D eigenvalue weighted by atomic mass is 10.1. The summed E-state index contributed by atoms with van der Waals surface area (Å²) in [6.07, 6.45) is 2.35. The first kappa shape index (κ1) is 9.74. The summed E-state index contributed by atoms with van der Waals surface area (Å²) in [5.41, 5.74) is 2.83. The molecule has 1 aromatic carbocycles. The van der Waals surface area contributed by atoms with Gasteiger partial charge < -0.3 is 5.32 Å². The zero-order valence-corrected chi connectivity index (χ0v) is 10.3. The maximum absolute atomic E-state index is 6.06. The average molecular weight is 308 g/mol. The van der Waals surface area contributed by atoms with Crippen LogP contribution in [0.3, 0.4) is 0 Å². The second-order valence-corrected chi connectivity index (χ2v) is 4.91. The number of halogens is 2. The van der Waals surface area contributed by atoms with Crippen LogP contribution < -0.4 is 5.32 Å². The van der Waals surface area contributed by atoms with Crippen LogP contribution in [0.1, 0.15) is 23.6 Å². The van der Waals surface area contributed by atoms with Crippen LogP contribution in [0.25, 0.3) is 0 Å². The maximum atomic E-state index is 6.06. The van der Waals surface area contributed by atoms with Crippen LogP contribution in [0, 0.1) is 3.57 Å². The molecule has 2 rings (SSSR count). The average Bonchev–Trinajstić information content (AvgIpc) is 2.48. The van der Waals surface area contributed by atoms with Gasteiger partial charge in [0.1, 0.15) is 0 Å². The van der Waals surface area contributed by atoms with E-state index in [4.69, 9.17) is 11.6 Å². The van der Waals surface area contributed by atoms with E-state index in [9.17, 15) is 0 Å². The van der Waals surface area contributed by atoms with E-state index in [2.05, 4.69) is 40.0 Å². The standard InChI is InChI=1S/C10H11ClIN/c1-13-10-3-2-6-4-8(11)9(12)5-7(6)10/h4-5,10,13H,2-3H2,1H3. The van der Waals surface area contributed by atoms with Gasteiger partial charge >= 0.3 is 0 Å². The molecule has 1 unspecified atom stereocenters. The molecule has 3 heteroatoms. The lowest BCUT2D eigenvalue weighted by Gasteiger charge is -2.10. The van der Waals surface area contributed by atoms with Gasteiger partial charge in [-0.05, 0) is 65.7 Å². The van der Waals surface area contributed by atoms with E-state index in [1.54, 1.807) is 0 Å². The van der Waals surface area contributed by atoms with Crippen LogP contribution in [-0.2, 0) is 6.42 Å². The summed E-state index contributed by atoms with van der Waals surface area (Å²) in [5, 5.41) is 4.21. The smallest absolute Gasteiger partial charge is 0.0542 e. The van der Waals surface area contributed by atoms with E-state index in [0.29, 0.717) is 6.04 Å². The van der Waals surface area contributed by atoms with E-state index in [1.807, 2.05) is 7.05 Å². The Labute approximate surface area is 97.0 Å². The first-order valence-corrected chi connectivity index (χ1v) is 5.83. The molecule has 0 spiro atoms. The number of benzene rings is 1. The summed E-state index contributed by atoms with van der Waals surface area (Å²) in [7, 11) is 2.02. The second kappa shape index (κ2) is 3.75. The van der Waals surface area contributed by atoms with E-state index in [0.717, 1.165) is 15.0 Å². The fourth-order valence-electron chi connectivity index (χ4n) is 1.90. The molecule has 0 heterocycles. The third kappa shape index (κ3) is 1.72. The van der Waals surface area contributed by atoms with Gasteiger partial charge in [-0.1, -0.05) is 11.6 Å². The molecule has 0 radical (unpaired) electrons. The first-order chi connectivity index (χ1) is 6.22. The molecule has 0 saturated carbocycles. The van der Waals surface area contributed by atoms with Gasteiger partial charge in [-0.3, -0.25) is 0 Å². The highest BCUT2D eigenvalue weighted by molar-refractivity contribution is 14.1. The highest BCUT2D eigenvalue weighted by atomic mass is 127. The predicted octanol–water partition coefficient (Wildman–Crippen LogP) is 3.15. The Kier molecular flexibility index (Phi) is 2.81. The second-order valence-electron chi connectivity index (χ2n) is 3.35. The normalized spacial score (nSPS) is 20.4. The molecule has 1 N–H and O–H groups in total. The fourth-order valence-corrected chi connectivity index (χ4v) is 2.58. The molecular formula is C10H11ClIN. The van der Waals surface area contributed by atoms with E-state index >= 15 is 0 Å².